The molecule has 96 valence electrons. The highest BCUT2D eigenvalue weighted by atomic mass is 19.4. The van der Waals surface area contributed by atoms with Gasteiger partial charge in [0.1, 0.15) is 11.1 Å². The lowest BCUT2D eigenvalue weighted by molar-refractivity contribution is -0.166. The van der Waals surface area contributed by atoms with Crippen LogP contribution in [0.5, 0.6) is 0 Å². The standard InChI is InChI=1S/C13H12F3NO/c14-13(15,16)12(5-6-12)17-7-9-8-18-11-4-2-1-3-10(9)11/h1-4,8,17H,5-7H2. The van der Waals surface area contributed by atoms with Gasteiger partial charge in [0, 0.05) is 17.5 Å². The van der Waals surface area contributed by atoms with E-state index in [0.717, 1.165) is 10.9 Å². The van der Waals surface area contributed by atoms with Gasteiger partial charge >= 0.3 is 6.18 Å². The molecule has 0 saturated heterocycles. The molecule has 1 aromatic carbocycles. The summed E-state index contributed by atoms with van der Waals surface area (Å²) < 4.78 is 43.6. The monoisotopic (exact) mass is 255 g/mol. The maximum absolute atomic E-state index is 12.8. The van der Waals surface area contributed by atoms with Crippen LogP contribution in [0.15, 0.2) is 34.9 Å². The number of nitrogens with one attached hydrogen (secondary N) is 1. The summed E-state index contributed by atoms with van der Waals surface area (Å²) in [7, 11) is 0. The van der Waals surface area contributed by atoms with Crippen molar-refractivity contribution in [1.82, 2.24) is 5.32 Å². The van der Waals surface area contributed by atoms with E-state index in [9.17, 15) is 13.2 Å². The van der Waals surface area contributed by atoms with Crippen LogP contribution < -0.4 is 5.32 Å². The molecule has 0 bridgehead atoms. The smallest absolute Gasteiger partial charge is 0.406 e. The van der Waals surface area contributed by atoms with Crippen molar-refractivity contribution in [1.29, 1.82) is 0 Å². The second kappa shape index (κ2) is 3.75. The third kappa shape index (κ3) is 1.79. The number of rotatable bonds is 3. The fourth-order valence-electron chi connectivity index (χ4n) is 2.12. The van der Waals surface area contributed by atoms with Gasteiger partial charge in [-0.15, -0.1) is 0 Å². The zero-order valence-electron chi connectivity index (χ0n) is 9.55. The van der Waals surface area contributed by atoms with Crippen LogP contribution >= 0.6 is 0 Å². The summed E-state index contributed by atoms with van der Waals surface area (Å²) in [6.07, 6.45) is -2.34. The third-order valence-electron chi connectivity index (χ3n) is 3.47. The molecule has 0 radical (unpaired) electrons. The molecular weight excluding hydrogens is 243 g/mol. The van der Waals surface area contributed by atoms with Crippen LogP contribution in [-0.4, -0.2) is 11.7 Å². The van der Waals surface area contributed by atoms with E-state index < -0.39 is 11.7 Å². The highest BCUT2D eigenvalue weighted by Gasteiger charge is 2.62. The molecule has 0 atom stereocenters. The molecule has 3 rings (SSSR count). The maximum atomic E-state index is 12.8. The van der Waals surface area contributed by atoms with E-state index in [-0.39, 0.29) is 19.4 Å². The van der Waals surface area contributed by atoms with Crippen LogP contribution in [0.3, 0.4) is 0 Å². The van der Waals surface area contributed by atoms with Gasteiger partial charge in [0.2, 0.25) is 0 Å². The van der Waals surface area contributed by atoms with E-state index in [0.29, 0.717) is 5.58 Å². The molecule has 2 nitrogen and oxygen atoms in total. The highest BCUT2D eigenvalue weighted by molar-refractivity contribution is 5.80. The Morgan fingerprint density at radius 2 is 1.94 bits per heavy atom. The quantitative estimate of drug-likeness (QED) is 0.906. The number of hydrogen-bond donors (Lipinski definition) is 1. The molecule has 1 heterocycles. The summed E-state index contributed by atoms with van der Waals surface area (Å²) >= 11 is 0. The van der Waals surface area contributed by atoms with Crippen LogP contribution in [0.1, 0.15) is 18.4 Å². The predicted octanol–water partition coefficient (Wildman–Crippen LogP) is 3.62. The van der Waals surface area contributed by atoms with Gasteiger partial charge < -0.3 is 4.42 Å². The van der Waals surface area contributed by atoms with Crippen LogP contribution in [0.2, 0.25) is 0 Å². The van der Waals surface area contributed by atoms with Crippen molar-refractivity contribution in [2.24, 2.45) is 0 Å². The van der Waals surface area contributed by atoms with Crippen molar-refractivity contribution in [2.75, 3.05) is 0 Å². The molecule has 5 heteroatoms. The maximum Gasteiger partial charge on any atom is 0.406 e. The van der Waals surface area contributed by atoms with E-state index in [4.69, 9.17) is 4.42 Å². The van der Waals surface area contributed by atoms with Gasteiger partial charge in [-0.1, -0.05) is 18.2 Å². The minimum Gasteiger partial charge on any atom is -0.464 e. The second-order valence-corrected chi connectivity index (χ2v) is 4.69. The Kier molecular flexibility index (Phi) is 2.41. The van der Waals surface area contributed by atoms with Gasteiger partial charge in [-0.25, -0.2) is 0 Å². The van der Waals surface area contributed by atoms with Crippen LogP contribution in [0.25, 0.3) is 11.0 Å². The van der Waals surface area contributed by atoms with E-state index >= 15 is 0 Å². The fourth-order valence-corrected chi connectivity index (χ4v) is 2.12. The number of furan rings is 1. The lowest BCUT2D eigenvalue weighted by atomic mass is 10.1. The number of fused-ring (bicyclic) bond motifs is 1. The summed E-state index contributed by atoms with van der Waals surface area (Å²) in [4.78, 5) is 0. The van der Waals surface area contributed by atoms with Gasteiger partial charge in [0.25, 0.3) is 0 Å². The minimum absolute atomic E-state index is 0.159. The zero-order valence-corrected chi connectivity index (χ0v) is 9.55. The van der Waals surface area contributed by atoms with Gasteiger partial charge in [-0.05, 0) is 18.9 Å². The number of para-hydroxylation sites is 1. The first kappa shape index (κ1) is 11.6. The summed E-state index contributed by atoms with van der Waals surface area (Å²) in [6.45, 7) is 0.177. The number of benzene rings is 1. The second-order valence-electron chi connectivity index (χ2n) is 4.69. The Morgan fingerprint density at radius 3 is 2.61 bits per heavy atom. The molecule has 1 saturated carbocycles. The summed E-state index contributed by atoms with van der Waals surface area (Å²) in [5.41, 5.74) is -0.210. The third-order valence-corrected chi connectivity index (χ3v) is 3.47. The summed E-state index contributed by atoms with van der Waals surface area (Å²) in [5.74, 6) is 0. The molecule has 1 N–H and O–H groups in total. The first-order valence-electron chi connectivity index (χ1n) is 5.79. The number of hydrogen-bond acceptors (Lipinski definition) is 2. The number of halogens is 3. The van der Waals surface area contributed by atoms with Crippen molar-refractivity contribution in [3.8, 4) is 0 Å². The van der Waals surface area contributed by atoms with Crippen molar-refractivity contribution in [2.45, 2.75) is 31.1 Å². The van der Waals surface area contributed by atoms with Crippen LogP contribution in [0, 0.1) is 0 Å². The van der Waals surface area contributed by atoms with Gasteiger partial charge in [0.15, 0.2) is 0 Å². The van der Waals surface area contributed by atoms with Crippen molar-refractivity contribution >= 4 is 11.0 Å². The average molecular weight is 255 g/mol. The van der Waals surface area contributed by atoms with Crippen LogP contribution in [-0.2, 0) is 6.54 Å². The Balaban J connectivity index is 1.78. The molecule has 1 aliphatic carbocycles. The number of alkyl halides is 3. The molecule has 1 aromatic heterocycles. The zero-order chi connectivity index (χ0) is 12.8. The molecule has 18 heavy (non-hydrogen) atoms. The molecule has 0 aliphatic heterocycles. The Bertz CT molecular complexity index is 569. The minimum atomic E-state index is -4.17. The molecular formula is C13H12F3NO. The van der Waals surface area contributed by atoms with Gasteiger partial charge in [-0.2, -0.15) is 13.2 Å². The average Bonchev–Trinajstić information content (AvgIpc) is 3.02. The summed E-state index contributed by atoms with van der Waals surface area (Å²) in [5, 5.41) is 3.48. The first-order chi connectivity index (χ1) is 8.52. The topological polar surface area (TPSA) is 25.2 Å². The van der Waals surface area contributed by atoms with Gasteiger partial charge in [0.05, 0.1) is 6.26 Å². The molecule has 0 amide bonds. The summed E-state index contributed by atoms with van der Waals surface area (Å²) in [6, 6.07) is 7.33. The van der Waals surface area contributed by atoms with E-state index in [1.165, 1.54) is 6.26 Å². The fraction of sp³-hybridized carbons (Fsp3) is 0.385. The Morgan fingerprint density at radius 1 is 1.22 bits per heavy atom. The van der Waals surface area contributed by atoms with Gasteiger partial charge in [-0.3, -0.25) is 5.32 Å². The van der Waals surface area contributed by atoms with E-state index in [1.54, 1.807) is 6.07 Å². The molecule has 1 fully saturated rings. The van der Waals surface area contributed by atoms with Crippen molar-refractivity contribution in [3.05, 3.63) is 36.1 Å². The highest BCUT2D eigenvalue weighted by Crippen LogP contribution is 2.49. The lowest BCUT2D eigenvalue weighted by Gasteiger charge is -2.20. The van der Waals surface area contributed by atoms with Crippen molar-refractivity contribution < 1.29 is 17.6 Å². The Hall–Kier alpha value is -1.49. The SMILES string of the molecule is FC(F)(F)C1(NCc2coc3ccccc23)CC1. The van der Waals surface area contributed by atoms with E-state index in [2.05, 4.69) is 5.32 Å². The Labute approximate surface area is 102 Å². The largest absolute Gasteiger partial charge is 0.464 e. The molecule has 2 aromatic rings. The molecule has 0 spiro atoms. The molecule has 0 unspecified atom stereocenters. The van der Waals surface area contributed by atoms with Crippen LogP contribution in [0.4, 0.5) is 13.2 Å². The first-order valence-corrected chi connectivity index (χ1v) is 5.79. The van der Waals surface area contributed by atoms with Crippen molar-refractivity contribution in [3.63, 3.8) is 0 Å². The normalized spacial score (nSPS) is 18.2. The predicted molar refractivity (Wildman–Crippen MR) is 61.1 cm³/mol. The molecule has 1 aliphatic rings. The lowest BCUT2D eigenvalue weighted by Crippen LogP contribution is -2.44. The van der Waals surface area contributed by atoms with E-state index in [1.807, 2.05) is 18.2 Å².